The molecule has 0 amide bonds. The van der Waals surface area contributed by atoms with E-state index >= 15 is 0 Å². The highest BCUT2D eigenvalue weighted by Gasteiger charge is 2.05. The van der Waals surface area contributed by atoms with Crippen LogP contribution >= 0.6 is 11.8 Å². The molecule has 1 aromatic heterocycles. The average Bonchev–Trinajstić information content (AvgIpc) is 2.28. The van der Waals surface area contributed by atoms with Gasteiger partial charge in [0.2, 0.25) is 0 Å². The molecule has 0 fully saturated rings. The number of nitrogens with zero attached hydrogens (tertiary/aromatic N) is 2. The standard InChI is InChI=1S/C10H19N5S/c1-4-5-7(2)12-8-6-9(15-11)14-10(13-8)16-3/h6-7H,4-5,11H2,1-3H3,(H2,12,13,14,15). The van der Waals surface area contributed by atoms with Crippen molar-refractivity contribution in [1.82, 2.24) is 9.97 Å². The first-order valence-corrected chi connectivity index (χ1v) is 6.58. The summed E-state index contributed by atoms with van der Waals surface area (Å²) in [4.78, 5) is 8.57. The van der Waals surface area contributed by atoms with Crippen molar-refractivity contribution in [2.75, 3.05) is 17.0 Å². The monoisotopic (exact) mass is 241 g/mol. The van der Waals surface area contributed by atoms with Crippen LogP contribution in [0.15, 0.2) is 11.2 Å². The molecule has 0 aliphatic heterocycles. The summed E-state index contributed by atoms with van der Waals surface area (Å²) in [6.45, 7) is 4.30. The normalized spacial score (nSPS) is 12.2. The van der Waals surface area contributed by atoms with Crippen LogP contribution in [0, 0.1) is 0 Å². The highest BCUT2D eigenvalue weighted by atomic mass is 32.2. The molecule has 1 rings (SSSR count). The molecule has 0 aliphatic carbocycles. The van der Waals surface area contributed by atoms with Crippen LogP contribution in [0.25, 0.3) is 0 Å². The fourth-order valence-electron chi connectivity index (χ4n) is 1.42. The molecular weight excluding hydrogens is 222 g/mol. The maximum atomic E-state index is 5.35. The molecule has 1 aromatic rings. The van der Waals surface area contributed by atoms with Crippen molar-refractivity contribution in [3.63, 3.8) is 0 Å². The minimum atomic E-state index is 0.403. The molecule has 0 aliphatic rings. The van der Waals surface area contributed by atoms with Crippen molar-refractivity contribution in [3.05, 3.63) is 6.07 Å². The molecule has 90 valence electrons. The Kier molecular flexibility index (Phi) is 5.34. The zero-order chi connectivity index (χ0) is 12.0. The lowest BCUT2D eigenvalue weighted by molar-refractivity contribution is 0.685. The van der Waals surface area contributed by atoms with Crippen molar-refractivity contribution in [3.8, 4) is 0 Å². The molecule has 0 radical (unpaired) electrons. The second kappa shape index (κ2) is 6.55. The van der Waals surface area contributed by atoms with Gasteiger partial charge in [0.25, 0.3) is 0 Å². The van der Waals surface area contributed by atoms with Crippen LogP contribution in [0.4, 0.5) is 11.6 Å². The lowest BCUT2D eigenvalue weighted by Crippen LogP contribution is -2.17. The largest absolute Gasteiger partial charge is 0.367 e. The van der Waals surface area contributed by atoms with Gasteiger partial charge in [0.05, 0.1) is 0 Å². The zero-order valence-electron chi connectivity index (χ0n) is 9.95. The molecule has 4 N–H and O–H groups in total. The number of nitrogens with one attached hydrogen (secondary N) is 2. The molecule has 1 unspecified atom stereocenters. The highest BCUT2D eigenvalue weighted by Crippen LogP contribution is 2.17. The van der Waals surface area contributed by atoms with Gasteiger partial charge in [-0.2, -0.15) is 0 Å². The number of hydrogen-bond donors (Lipinski definition) is 3. The van der Waals surface area contributed by atoms with Gasteiger partial charge in [-0.25, -0.2) is 15.8 Å². The molecule has 1 atom stereocenters. The van der Waals surface area contributed by atoms with E-state index in [0.717, 1.165) is 18.7 Å². The summed E-state index contributed by atoms with van der Waals surface area (Å²) >= 11 is 1.50. The summed E-state index contributed by atoms with van der Waals surface area (Å²) in [5, 5.41) is 4.04. The van der Waals surface area contributed by atoms with Gasteiger partial charge in [-0.15, -0.1) is 0 Å². The van der Waals surface area contributed by atoms with Gasteiger partial charge < -0.3 is 10.7 Å². The van der Waals surface area contributed by atoms with Gasteiger partial charge in [0, 0.05) is 12.1 Å². The van der Waals surface area contributed by atoms with Crippen LogP contribution in [0.5, 0.6) is 0 Å². The summed E-state index contributed by atoms with van der Waals surface area (Å²) < 4.78 is 0. The minimum Gasteiger partial charge on any atom is -0.367 e. The van der Waals surface area contributed by atoms with Crippen LogP contribution in [-0.4, -0.2) is 22.3 Å². The zero-order valence-corrected chi connectivity index (χ0v) is 10.8. The average molecular weight is 241 g/mol. The van der Waals surface area contributed by atoms with Crippen LogP contribution in [-0.2, 0) is 0 Å². The number of rotatable bonds is 6. The summed E-state index contributed by atoms with van der Waals surface area (Å²) in [6.07, 6.45) is 4.20. The molecule has 6 heteroatoms. The molecule has 0 saturated carbocycles. The fraction of sp³-hybridized carbons (Fsp3) is 0.600. The van der Waals surface area contributed by atoms with Crippen molar-refractivity contribution in [2.45, 2.75) is 37.9 Å². The Morgan fingerprint density at radius 2 is 2.12 bits per heavy atom. The van der Waals surface area contributed by atoms with E-state index in [0.29, 0.717) is 17.0 Å². The summed E-state index contributed by atoms with van der Waals surface area (Å²) in [7, 11) is 0. The van der Waals surface area contributed by atoms with E-state index in [1.165, 1.54) is 11.8 Å². The van der Waals surface area contributed by atoms with Gasteiger partial charge in [-0.3, -0.25) is 0 Å². The first-order chi connectivity index (χ1) is 7.69. The Morgan fingerprint density at radius 3 is 2.69 bits per heavy atom. The summed E-state index contributed by atoms with van der Waals surface area (Å²) in [6, 6.07) is 2.21. The lowest BCUT2D eigenvalue weighted by atomic mass is 10.2. The molecule has 0 bridgehead atoms. The number of nitrogen functional groups attached to an aromatic ring is 1. The first-order valence-electron chi connectivity index (χ1n) is 5.35. The second-order valence-corrected chi connectivity index (χ2v) is 4.38. The number of hydrogen-bond acceptors (Lipinski definition) is 6. The number of thioether (sulfide) groups is 1. The first kappa shape index (κ1) is 13.1. The second-order valence-electron chi connectivity index (χ2n) is 3.60. The third kappa shape index (κ3) is 3.86. The molecule has 5 nitrogen and oxygen atoms in total. The summed E-state index contributed by atoms with van der Waals surface area (Å²) in [5.41, 5.74) is 2.54. The third-order valence-electron chi connectivity index (χ3n) is 2.15. The highest BCUT2D eigenvalue weighted by molar-refractivity contribution is 7.98. The molecular formula is C10H19N5S. The van der Waals surface area contributed by atoms with E-state index in [2.05, 4.69) is 34.6 Å². The molecule has 1 heterocycles. The third-order valence-corrected chi connectivity index (χ3v) is 2.70. The topological polar surface area (TPSA) is 75.9 Å². The maximum absolute atomic E-state index is 5.35. The van der Waals surface area contributed by atoms with Crippen LogP contribution < -0.4 is 16.6 Å². The van der Waals surface area contributed by atoms with E-state index in [4.69, 9.17) is 5.84 Å². The van der Waals surface area contributed by atoms with Crippen molar-refractivity contribution >= 4 is 23.4 Å². The van der Waals surface area contributed by atoms with Crippen LogP contribution in [0.2, 0.25) is 0 Å². The lowest BCUT2D eigenvalue weighted by Gasteiger charge is -2.14. The Morgan fingerprint density at radius 1 is 1.44 bits per heavy atom. The molecule has 0 spiro atoms. The molecule has 0 aromatic carbocycles. The van der Waals surface area contributed by atoms with Crippen molar-refractivity contribution in [2.24, 2.45) is 5.84 Å². The molecule has 16 heavy (non-hydrogen) atoms. The smallest absolute Gasteiger partial charge is 0.191 e. The Hall–Kier alpha value is -1.01. The SMILES string of the molecule is CCCC(C)Nc1cc(NN)nc(SC)n1. The number of nitrogens with two attached hydrogens (primary N) is 1. The van der Waals surface area contributed by atoms with E-state index in [9.17, 15) is 0 Å². The predicted octanol–water partition coefficient (Wildman–Crippen LogP) is 2.08. The van der Waals surface area contributed by atoms with Crippen LogP contribution in [0.3, 0.4) is 0 Å². The minimum absolute atomic E-state index is 0.403. The van der Waals surface area contributed by atoms with Gasteiger partial charge in [-0.05, 0) is 19.6 Å². The number of hydrazine groups is 1. The molecule has 0 saturated heterocycles. The van der Waals surface area contributed by atoms with Crippen molar-refractivity contribution in [1.29, 1.82) is 0 Å². The Bertz CT molecular complexity index is 309. The van der Waals surface area contributed by atoms with Crippen LogP contribution in [0.1, 0.15) is 26.7 Å². The quantitative estimate of drug-likeness (QED) is 0.306. The summed E-state index contributed by atoms with van der Waals surface area (Å²) in [5.74, 6) is 6.80. The number of aromatic nitrogens is 2. The Balaban J connectivity index is 2.78. The van der Waals surface area contributed by atoms with Gasteiger partial charge in [0.1, 0.15) is 11.6 Å². The maximum Gasteiger partial charge on any atom is 0.191 e. The fourth-order valence-corrected chi connectivity index (χ4v) is 1.80. The van der Waals surface area contributed by atoms with E-state index in [1.807, 2.05) is 12.3 Å². The van der Waals surface area contributed by atoms with E-state index in [1.54, 1.807) is 0 Å². The Labute approximate surface area is 101 Å². The van der Waals surface area contributed by atoms with Gasteiger partial charge >= 0.3 is 0 Å². The number of anilines is 2. The predicted molar refractivity (Wildman–Crippen MR) is 69.6 cm³/mol. The van der Waals surface area contributed by atoms with Gasteiger partial charge in [0.15, 0.2) is 5.16 Å². The van der Waals surface area contributed by atoms with Crippen molar-refractivity contribution < 1.29 is 0 Å². The van der Waals surface area contributed by atoms with E-state index in [-0.39, 0.29) is 0 Å². The van der Waals surface area contributed by atoms with E-state index < -0.39 is 0 Å². The van der Waals surface area contributed by atoms with Gasteiger partial charge in [-0.1, -0.05) is 25.1 Å².